The molecule has 0 heterocycles. The maximum Gasteiger partial charge on any atom is 0.390 e. The lowest BCUT2D eigenvalue weighted by Gasteiger charge is -2.17. The topological polar surface area (TPSA) is 58.4 Å². The van der Waals surface area contributed by atoms with Gasteiger partial charge >= 0.3 is 6.18 Å². The molecule has 3 N–H and O–H groups in total. The van der Waals surface area contributed by atoms with Gasteiger partial charge in [0.05, 0.1) is 18.7 Å². The number of amides is 1. The number of benzene rings is 1. The van der Waals surface area contributed by atoms with Crippen molar-refractivity contribution in [2.24, 2.45) is 0 Å². The fraction of sp³-hybridized carbons (Fsp3) is 0.417. The second-order valence-electron chi connectivity index (χ2n) is 4.39. The summed E-state index contributed by atoms with van der Waals surface area (Å²) in [5.74, 6) is -1.27. The summed E-state index contributed by atoms with van der Waals surface area (Å²) in [6.07, 6.45) is -5.28. The molecular formula is C12H15F4N3O. The Balaban J connectivity index is 2.49. The molecule has 0 aliphatic rings. The average Bonchev–Trinajstić information content (AvgIpc) is 2.30. The van der Waals surface area contributed by atoms with Crippen molar-refractivity contribution >= 4 is 17.3 Å². The minimum atomic E-state index is -4.27. The highest BCUT2D eigenvalue weighted by atomic mass is 19.4. The van der Waals surface area contributed by atoms with Crippen molar-refractivity contribution in [3.05, 3.63) is 24.0 Å². The van der Waals surface area contributed by atoms with Crippen LogP contribution in [0.5, 0.6) is 0 Å². The number of carbonyl (C=O) groups excluding carboxylic acids is 1. The predicted octanol–water partition coefficient (Wildman–Crippen LogP) is 2.23. The number of alkyl halides is 3. The lowest BCUT2D eigenvalue weighted by atomic mass is 10.2. The van der Waals surface area contributed by atoms with Crippen LogP contribution in [0, 0.1) is 5.82 Å². The predicted molar refractivity (Wildman–Crippen MR) is 67.6 cm³/mol. The fourth-order valence-electron chi connectivity index (χ4n) is 1.47. The van der Waals surface area contributed by atoms with Crippen LogP contribution in [0.4, 0.5) is 28.9 Å². The number of anilines is 2. The van der Waals surface area contributed by atoms with E-state index < -0.39 is 24.3 Å². The summed E-state index contributed by atoms with van der Waals surface area (Å²) in [5.41, 5.74) is 5.62. The Bertz CT molecular complexity index is 476. The molecule has 20 heavy (non-hydrogen) atoms. The van der Waals surface area contributed by atoms with E-state index in [1.54, 1.807) is 0 Å². The van der Waals surface area contributed by atoms with E-state index in [1.165, 1.54) is 24.1 Å². The van der Waals surface area contributed by atoms with Crippen molar-refractivity contribution in [2.75, 3.05) is 31.2 Å². The Hall–Kier alpha value is -1.83. The van der Waals surface area contributed by atoms with Crippen LogP contribution in [0.25, 0.3) is 0 Å². The number of rotatable bonds is 5. The summed E-state index contributed by atoms with van der Waals surface area (Å²) in [4.78, 5) is 12.8. The van der Waals surface area contributed by atoms with Crippen LogP contribution >= 0.6 is 0 Å². The number of hydrogen-bond acceptors (Lipinski definition) is 3. The molecule has 112 valence electrons. The van der Waals surface area contributed by atoms with Crippen LogP contribution in [-0.2, 0) is 4.79 Å². The monoisotopic (exact) mass is 293 g/mol. The zero-order valence-corrected chi connectivity index (χ0v) is 10.8. The van der Waals surface area contributed by atoms with Gasteiger partial charge in [0.1, 0.15) is 5.82 Å². The van der Waals surface area contributed by atoms with Crippen molar-refractivity contribution in [1.29, 1.82) is 0 Å². The highest BCUT2D eigenvalue weighted by Crippen LogP contribution is 2.20. The second-order valence-corrected chi connectivity index (χ2v) is 4.39. The molecule has 0 aliphatic carbocycles. The molecular weight excluding hydrogens is 278 g/mol. The third-order valence-corrected chi connectivity index (χ3v) is 2.46. The molecule has 0 fully saturated rings. The van der Waals surface area contributed by atoms with Crippen molar-refractivity contribution in [3.63, 3.8) is 0 Å². The lowest BCUT2D eigenvalue weighted by molar-refractivity contribution is -0.138. The van der Waals surface area contributed by atoms with E-state index in [0.717, 1.165) is 6.07 Å². The van der Waals surface area contributed by atoms with Gasteiger partial charge in [-0.1, -0.05) is 0 Å². The van der Waals surface area contributed by atoms with E-state index in [4.69, 9.17) is 5.73 Å². The van der Waals surface area contributed by atoms with Crippen LogP contribution in [0.3, 0.4) is 0 Å². The lowest BCUT2D eigenvalue weighted by Crippen LogP contribution is -2.32. The zero-order chi connectivity index (χ0) is 15.3. The van der Waals surface area contributed by atoms with E-state index in [9.17, 15) is 22.4 Å². The summed E-state index contributed by atoms with van der Waals surface area (Å²) >= 11 is 0. The standard InChI is InChI=1S/C12H15F4N3O/c1-19(5-4-12(14,15)16)7-11(20)18-10-6-8(17)2-3-9(10)13/h2-3,6H,4-5,7,17H2,1H3,(H,18,20). The van der Waals surface area contributed by atoms with E-state index in [-0.39, 0.29) is 24.5 Å². The number of hydrogen-bond donors (Lipinski definition) is 2. The number of nitrogen functional groups attached to an aromatic ring is 1. The maximum atomic E-state index is 13.3. The number of nitrogens with zero attached hydrogens (tertiary/aromatic N) is 1. The summed E-state index contributed by atoms with van der Waals surface area (Å²) < 4.78 is 49.4. The van der Waals surface area contributed by atoms with Crippen molar-refractivity contribution < 1.29 is 22.4 Å². The van der Waals surface area contributed by atoms with Gasteiger partial charge in [0.2, 0.25) is 5.91 Å². The number of likely N-dealkylation sites (N-methyl/N-ethyl adjacent to an activating group) is 1. The summed E-state index contributed by atoms with van der Waals surface area (Å²) in [7, 11) is 1.38. The SMILES string of the molecule is CN(CCC(F)(F)F)CC(=O)Nc1cc(N)ccc1F. The maximum absolute atomic E-state index is 13.3. The van der Waals surface area contributed by atoms with Gasteiger partial charge in [-0.25, -0.2) is 4.39 Å². The molecule has 0 aliphatic heterocycles. The van der Waals surface area contributed by atoms with E-state index in [0.29, 0.717) is 0 Å². The van der Waals surface area contributed by atoms with Crippen molar-refractivity contribution in [3.8, 4) is 0 Å². The summed E-state index contributed by atoms with van der Waals surface area (Å²) in [6, 6.07) is 3.67. The van der Waals surface area contributed by atoms with Crippen LogP contribution in [0.15, 0.2) is 18.2 Å². The van der Waals surface area contributed by atoms with Gasteiger partial charge in [-0.05, 0) is 25.2 Å². The molecule has 0 saturated heterocycles. The van der Waals surface area contributed by atoms with Gasteiger partial charge in [-0.2, -0.15) is 13.2 Å². The minimum absolute atomic E-state index is 0.0979. The van der Waals surface area contributed by atoms with E-state index in [2.05, 4.69) is 5.32 Å². The molecule has 1 aromatic rings. The molecule has 0 unspecified atom stereocenters. The first-order valence-electron chi connectivity index (χ1n) is 5.77. The largest absolute Gasteiger partial charge is 0.399 e. The molecule has 8 heteroatoms. The summed E-state index contributed by atoms with van der Waals surface area (Å²) in [6.45, 7) is -0.583. The molecule has 4 nitrogen and oxygen atoms in total. The van der Waals surface area contributed by atoms with E-state index in [1.807, 2.05) is 0 Å². The quantitative estimate of drug-likeness (QED) is 0.646. The molecule has 0 bridgehead atoms. The van der Waals surface area contributed by atoms with Gasteiger partial charge in [0, 0.05) is 12.2 Å². The molecule has 1 aromatic carbocycles. The van der Waals surface area contributed by atoms with Crippen LogP contribution < -0.4 is 11.1 Å². The third-order valence-electron chi connectivity index (χ3n) is 2.46. The number of nitrogens with one attached hydrogen (secondary N) is 1. The van der Waals surface area contributed by atoms with Crippen molar-refractivity contribution in [1.82, 2.24) is 4.90 Å². The zero-order valence-electron chi connectivity index (χ0n) is 10.8. The number of nitrogens with two attached hydrogens (primary N) is 1. The first-order valence-corrected chi connectivity index (χ1v) is 5.77. The molecule has 1 amide bonds. The Morgan fingerprint density at radius 2 is 2.05 bits per heavy atom. The molecule has 0 saturated carbocycles. The molecule has 0 atom stereocenters. The summed E-state index contributed by atoms with van der Waals surface area (Å²) in [5, 5.41) is 2.26. The minimum Gasteiger partial charge on any atom is -0.399 e. The number of carbonyl (C=O) groups is 1. The Kier molecular flexibility index (Phi) is 5.32. The normalized spacial score (nSPS) is 11.7. The molecule has 0 aromatic heterocycles. The fourth-order valence-corrected chi connectivity index (χ4v) is 1.47. The highest BCUT2D eigenvalue weighted by molar-refractivity contribution is 5.92. The smallest absolute Gasteiger partial charge is 0.390 e. The Morgan fingerprint density at radius 3 is 2.65 bits per heavy atom. The van der Waals surface area contributed by atoms with Gasteiger partial charge in [-0.3, -0.25) is 9.69 Å². The third kappa shape index (κ3) is 5.87. The van der Waals surface area contributed by atoms with E-state index >= 15 is 0 Å². The average molecular weight is 293 g/mol. The van der Waals surface area contributed by atoms with Crippen LogP contribution in [0.1, 0.15) is 6.42 Å². The molecule has 1 rings (SSSR count). The van der Waals surface area contributed by atoms with Gasteiger partial charge in [0.15, 0.2) is 0 Å². The number of halogens is 4. The highest BCUT2D eigenvalue weighted by Gasteiger charge is 2.27. The van der Waals surface area contributed by atoms with Crippen LogP contribution in [-0.4, -0.2) is 37.1 Å². The van der Waals surface area contributed by atoms with Crippen LogP contribution in [0.2, 0.25) is 0 Å². The molecule has 0 spiro atoms. The first-order chi connectivity index (χ1) is 9.17. The second kappa shape index (κ2) is 6.56. The van der Waals surface area contributed by atoms with Crippen molar-refractivity contribution in [2.45, 2.75) is 12.6 Å². The van der Waals surface area contributed by atoms with Gasteiger partial charge in [0.25, 0.3) is 0 Å². The first kappa shape index (κ1) is 16.2. The molecule has 0 radical (unpaired) electrons. The Labute approximate surface area is 113 Å². The Morgan fingerprint density at radius 1 is 1.40 bits per heavy atom. The van der Waals surface area contributed by atoms with Gasteiger partial charge in [-0.15, -0.1) is 0 Å². The van der Waals surface area contributed by atoms with Gasteiger partial charge < -0.3 is 11.1 Å².